The van der Waals surface area contributed by atoms with E-state index in [0.717, 1.165) is 0 Å². The Morgan fingerprint density at radius 2 is 1.90 bits per heavy atom. The summed E-state index contributed by atoms with van der Waals surface area (Å²) in [5, 5.41) is 12.8. The summed E-state index contributed by atoms with van der Waals surface area (Å²) in [7, 11) is 1.70. The molecule has 0 aromatic heterocycles. The molecule has 6 heteroatoms. The van der Waals surface area contributed by atoms with Crippen molar-refractivity contribution >= 4 is 5.69 Å². The van der Waals surface area contributed by atoms with Crippen molar-refractivity contribution in [1.82, 2.24) is 5.32 Å². The van der Waals surface area contributed by atoms with E-state index in [9.17, 15) is 18.3 Å². The van der Waals surface area contributed by atoms with Crippen molar-refractivity contribution in [3.05, 3.63) is 29.3 Å². The van der Waals surface area contributed by atoms with E-state index in [-0.39, 0.29) is 5.69 Å². The summed E-state index contributed by atoms with van der Waals surface area (Å²) < 4.78 is 39.8. The Kier molecular flexibility index (Phi) is 4.49. The van der Waals surface area contributed by atoms with Crippen molar-refractivity contribution < 1.29 is 18.3 Å². The first-order chi connectivity index (χ1) is 9.73. The summed E-state index contributed by atoms with van der Waals surface area (Å²) in [5.41, 5.74) is -0.562. The highest BCUT2D eigenvalue weighted by molar-refractivity contribution is 5.57. The lowest BCUT2D eigenvalue weighted by Crippen LogP contribution is -2.43. The molecule has 0 aliphatic carbocycles. The van der Waals surface area contributed by atoms with E-state index in [0.29, 0.717) is 38.0 Å². The standard InChI is InChI=1S/C15H21F3N2O/c1-14(21)5-7-20(8-6-14)13-4-3-11(10-19-2)9-12(13)15(16,17)18/h3-4,9,19,21H,5-8,10H2,1-2H3. The molecule has 1 aliphatic rings. The largest absolute Gasteiger partial charge is 0.418 e. The normalized spacial score (nSPS) is 18.9. The van der Waals surface area contributed by atoms with Crippen LogP contribution < -0.4 is 10.2 Å². The number of nitrogens with one attached hydrogen (secondary N) is 1. The smallest absolute Gasteiger partial charge is 0.390 e. The Morgan fingerprint density at radius 1 is 1.29 bits per heavy atom. The number of hydrogen-bond acceptors (Lipinski definition) is 3. The zero-order chi connectivity index (χ0) is 15.7. The zero-order valence-electron chi connectivity index (χ0n) is 12.3. The first-order valence-corrected chi connectivity index (χ1v) is 7.05. The van der Waals surface area contributed by atoms with Gasteiger partial charge in [-0.1, -0.05) is 6.07 Å². The van der Waals surface area contributed by atoms with Crippen LogP contribution in [0.2, 0.25) is 0 Å². The lowest BCUT2D eigenvalue weighted by molar-refractivity contribution is -0.137. The molecular formula is C15H21F3N2O. The molecule has 21 heavy (non-hydrogen) atoms. The highest BCUT2D eigenvalue weighted by atomic mass is 19.4. The summed E-state index contributed by atoms with van der Waals surface area (Å²) in [6, 6.07) is 4.46. The maximum absolute atomic E-state index is 13.3. The van der Waals surface area contributed by atoms with Crippen molar-refractivity contribution in [2.45, 2.75) is 38.1 Å². The van der Waals surface area contributed by atoms with Gasteiger partial charge >= 0.3 is 6.18 Å². The number of hydrogen-bond donors (Lipinski definition) is 2. The Hall–Kier alpha value is -1.27. The number of alkyl halides is 3. The Morgan fingerprint density at radius 3 is 2.43 bits per heavy atom. The number of halogens is 3. The van der Waals surface area contributed by atoms with Gasteiger partial charge in [0, 0.05) is 25.3 Å². The third-order valence-electron chi connectivity index (χ3n) is 3.93. The van der Waals surface area contributed by atoms with Crippen LogP contribution in [0, 0.1) is 0 Å². The number of piperidine rings is 1. The van der Waals surface area contributed by atoms with Crippen molar-refractivity contribution in [2.24, 2.45) is 0 Å². The van der Waals surface area contributed by atoms with Gasteiger partial charge in [0.1, 0.15) is 0 Å². The average Bonchev–Trinajstić information content (AvgIpc) is 2.38. The molecule has 1 saturated heterocycles. The number of anilines is 1. The Labute approximate surface area is 122 Å². The van der Waals surface area contributed by atoms with Gasteiger partial charge in [-0.15, -0.1) is 0 Å². The monoisotopic (exact) mass is 302 g/mol. The molecule has 0 saturated carbocycles. The lowest BCUT2D eigenvalue weighted by atomic mass is 9.93. The minimum atomic E-state index is -4.38. The molecule has 1 heterocycles. The van der Waals surface area contributed by atoms with E-state index >= 15 is 0 Å². The van der Waals surface area contributed by atoms with E-state index in [1.54, 1.807) is 24.9 Å². The summed E-state index contributed by atoms with van der Waals surface area (Å²) in [4.78, 5) is 1.71. The molecule has 0 spiro atoms. The third-order valence-corrected chi connectivity index (χ3v) is 3.93. The Bertz CT molecular complexity index is 490. The van der Waals surface area contributed by atoms with Crippen LogP contribution in [0.25, 0.3) is 0 Å². The molecule has 1 aromatic rings. The van der Waals surface area contributed by atoms with Gasteiger partial charge in [-0.2, -0.15) is 13.2 Å². The second kappa shape index (κ2) is 5.85. The van der Waals surface area contributed by atoms with Crippen molar-refractivity contribution in [3.8, 4) is 0 Å². The maximum atomic E-state index is 13.3. The van der Waals surface area contributed by atoms with Gasteiger partial charge in [-0.05, 0) is 44.5 Å². The summed E-state index contributed by atoms with van der Waals surface area (Å²) in [6.45, 7) is 2.99. The fourth-order valence-electron chi connectivity index (χ4n) is 2.63. The summed E-state index contributed by atoms with van der Waals surface area (Å²) in [6.07, 6.45) is -3.43. The molecule has 0 radical (unpaired) electrons. The quantitative estimate of drug-likeness (QED) is 0.901. The first-order valence-electron chi connectivity index (χ1n) is 7.05. The first kappa shape index (κ1) is 16.1. The highest BCUT2D eigenvalue weighted by Crippen LogP contribution is 2.38. The van der Waals surface area contributed by atoms with E-state index in [2.05, 4.69) is 5.32 Å². The summed E-state index contributed by atoms with van der Waals surface area (Å²) in [5.74, 6) is 0. The van der Waals surface area contributed by atoms with Gasteiger partial charge in [0.05, 0.1) is 11.2 Å². The fourth-order valence-corrected chi connectivity index (χ4v) is 2.63. The third kappa shape index (κ3) is 3.89. The molecular weight excluding hydrogens is 281 g/mol. The number of rotatable bonds is 3. The minimum absolute atomic E-state index is 0.206. The van der Waals surface area contributed by atoms with Crippen molar-refractivity contribution in [1.29, 1.82) is 0 Å². The van der Waals surface area contributed by atoms with Crippen LogP contribution in [-0.4, -0.2) is 30.8 Å². The van der Waals surface area contributed by atoms with Crippen LogP contribution in [0.3, 0.4) is 0 Å². The topological polar surface area (TPSA) is 35.5 Å². The molecule has 0 bridgehead atoms. The van der Waals surface area contributed by atoms with Crippen LogP contribution in [-0.2, 0) is 12.7 Å². The molecule has 3 nitrogen and oxygen atoms in total. The second-order valence-corrected chi connectivity index (χ2v) is 5.86. The molecule has 0 atom stereocenters. The SMILES string of the molecule is CNCc1ccc(N2CCC(C)(O)CC2)c(C(F)(F)F)c1. The molecule has 118 valence electrons. The van der Waals surface area contributed by atoms with Gasteiger partial charge < -0.3 is 15.3 Å². The minimum Gasteiger partial charge on any atom is -0.390 e. The van der Waals surface area contributed by atoms with Gasteiger partial charge in [-0.3, -0.25) is 0 Å². The second-order valence-electron chi connectivity index (χ2n) is 5.86. The molecule has 2 rings (SSSR count). The number of nitrogens with zero attached hydrogens (tertiary/aromatic N) is 1. The van der Waals surface area contributed by atoms with E-state index < -0.39 is 17.3 Å². The lowest BCUT2D eigenvalue weighted by Gasteiger charge is -2.38. The number of aliphatic hydroxyl groups is 1. The molecule has 1 aliphatic heterocycles. The molecule has 2 N–H and O–H groups in total. The molecule has 0 amide bonds. The molecule has 0 unspecified atom stereocenters. The van der Waals surface area contributed by atoms with Crippen molar-refractivity contribution in [2.75, 3.05) is 25.0 Å². The molecule has 1 fully saturated rings. The molecule has 1 aromatic carbocycles. The average molecular weight is 302 g/mol. The van der Waals surface area contributed by atoms with Crippen LogP contribution >= 0.6 is 0 Å². The fraction of sp³-hybridized carbons (Fsp3) is 0.600. The van der Waals surface area contributed by atoms with Gasteiger partial charge in [-0.25, -0.2) is 0 Å². The van der Waals surface area contributed by atoms with E-state index in [4.69, 9.17) is 0 Å². The Balaban J connectivity index is 2.30. The highest BCUT2D eigenvalue weighted by Gasteiger charge is 2.37. The van der Waals surface area contributed by atoms with Crippen molar-refractivity contribution in [3.63, 3.8) is 0 Å². The van der Waals surface area contributed by atoms with Gasteiger partial charge in [0.2, 0.25) is 0 Å². The van der Waals surface area contributed by atoms with Crippen LogP contribution in [0.5, 0.6) is 0 Å². The zero-order valence-corrected chi connectivity index (χ0v) is 12.3. The van der Waals surface area contributed by atoms with Crippen LogP contribution in [0.4, 0.5) is 18.9 Å². The predicted octanol–water partition coefficient (Wildman–Crippen LogP) is 2.78. The van der Waals surface area contributed by atoms with E-state index in [1.165, 1.54) is 12.1 Å². The van der Waals surface area contributed by atoms with Crippen LogP contribution in [0.15, 0.2) is 18.2 Å². The van der Waals surface area contributed by atoms with Gasteiger partial charge in [0.25, 0.3) is 0 Å². The summed E-state index contributed by atoms with van der Waals surface area (Å²) >= 11 is 0. The van der Waals surface area contributed by atoms with Gasteiger partial charge in [0.15, 0.2) is 0 Å². The van der Waals surface area contributed by atoms with Crippen LogP contribution in [0.1, 0.15) is 30.9 Å². The predicted molar refractivity (Wildman–Crippen MR) is 76.3 cm³/mol. The van der Waals surface area contributed by atoms with E-state index in [1.807, 2.05) is 0 Å². The maximum Gasteiger partial charge on any atom is 0.418 e. The number of benzene rings is 1.